The van der Waals surface area contributed by atoms with Crippen LogP contribution in [-0.2, 0) is 0 Å². The van der Waals surface area contributed by atoms with E-state index in [1.807, 2.05) is 26.0 Å². The Morgan fingerprint density at radius 2 is 1.71 bits per heavy atom. The van der Waals surface area contributed by atoms with Crippen molar-refractivity contribution in [1.82, 2.24) is 15.5 Å². The van der Waals surface area contributed by atoms with E-state index in [-0.39, 0.29) is 24.0 Å². The molecular formula is C24H32N4O3. The van der Waals surface area contributed by atoms with Crippen LogP contribution in [0.4, 0.5) is 10.5 Å². The average molecular weight is 425 g/mol. The van der Waals surface area contributed by atoms with Crippen molar-refractivity contribution in [3.8, 4) is 5.75 Å². The Hall–Kier alpha value is -3.06. The van der Waals surface area contributed by atoms with Crippen LogP contribution in [0.5, 0.6) is 5.75 Å². The van der Waals surface area contributed by atoms with Gasteiger partial charge in [0.05, 0.1) is 24.4 Å². The van der Waals surface area contributed by atoms with Crippen molar-refractivity contribution in [2.75, 3.05) is 32.1 Å². The SMILES string of the molecule is COc1ccc(C(CNC(=O)c2ccccc2NC(=O)NC(C)C)N2CCCC2)cc1. The van der Waals surface area contributed by atoms with E-state index in [1.54, 1.807) is 31.4 Å². The summed E-state index contributed by atoms with van der Waals surface area (Å²) in [6.07, 6.45) is 2.33. The van der Waals surface area contributed by atoms with Crippen molar-refractivity contribution in [1.29, 1.82) is 0 Å². The second kappa shape index (κ2) is 10.8. The molecule has 1 aliphatic rings. The number of nitrogens with one attached hydrogen (secondary N) is 3. The molecule has 1 unspecified atom stereocenters. The summed E-state index contributed by atoms with van der Waals surface area (Å²) in [7, 11) is 1.65. The molecule has 0 radical (unpaired) electrons. The van der Waals surface area contributed by atoms with Crippen LogP contribution in [0.1, 0.15) is 48.7 Å². The van der Waals surface area contributed by atoms with Gasteiger partial charge in [-0.15, -0.1) is 0 Å². The molecule has 166 valence electrons. The smallest absolute Gasteiger partial charge is 0.319 e. The minimum atomic E-state index is -0.330. The number of benzene rings is 2. The van der Waals surface area contributed by atoms with E-state index < -0.39 is 0 Å². The Morgan fingerprint density at radius 1 is 1.03 bits per heavy atom. The van der Waals surface area contributed by atoms with Crippen LogP contribution in [0.15, 0.2) is 48.5 Å². The summed E-state index contributed by atoms with van der Waals surface area (Å²) in [4.78, 5) is 27.5. The molecule has 0 aliphatic carbocycles. The molecule has 1 aliphatic heterocycles. The Balaban J connectivity index is 1.71. The van der Waals surface area contributed by atoms with E-state index in [0.29, 0.717) is 17.8 Å². The second-order valence-corrected chi connectivity index (χ2v) is 8.04. The predicted octanol–water partition coefficient (Wildman–Crippen LogP) is 3.79. The van der Waals surface area contributed by atoms with Crippen molar-refractivity contribution in [2.45, 2.75) is 38.8 Å². The van der Waals surface area contributed by atoms with Gasteiger partial charge >= 0.3 is 6.03 Å². The van der Waals surface area contributed by atoms with Gasteiger partial charge in [0.15, 0.2) is 0 Å². The van der Waals surface area contributed by atoms with Crippen molar-refractivity contribution in [3.63, 3.8) is 0 Å². The zero-order valence-electron chi connectivity index (χ0n) is 18.5. The third-order valence-corrected chi connectivity index (χ3v) is 5.38. The number of amides is 3. The Morgan fingerprint density at radius 3 is 2.35 bits per heavy atom. The van der Waals surface area contributed by atoms with Gasteiger partial charge in [-0.2, -0.15) is 0 Å². The molecule has 0 saturated carbocycles. The van der Waals surface area contributed by atoms with Crippen LogP contribution in [0, 0.1) is 0 Å². The lowest BCUT2D eigenvalue weighted by Gasteiger charge is -2.28. The highest BCUT2D eigenvalue weighted by Gasteiger charge is 2.24. The molecule has 3 N–H and O–H groups in total. The van der Waals surface area contributed by atoms with Gasteiger partial charge < -0.3 is 20.7 Å². The fourth-order valence-electron chi connectivity index (χ4n) is 3.83. The highest BCUT2D eigenvalue weighted by Crippen LogP contribution is 2.26. The van der Waals surface area contributed by atoms with Crippen LogP contribution < -0.4 is 20.7 Å². The third kappa shape index (κ3) is 6.21. The minimum Gasteiger partial charge on any atom is -0.497 e. The van der Waals surface area contributed by atoms with E-state index >= 15 is 0 Å². The van der Waals surface area contributed by atoms with Crippen molar-refractivity contribution >= 4 is 17.6 Å². The molecule has 1 saturated heterocycles. The number of carbonyl (C=O) groups is 2. The van der Waals surface area contributed by atoms with E-state index in [9.17, 15) is 9.59 Å². The van der Waals surface area contributed by atoms with Crippen LogP contribution in [0.3, 0.4) is 0 Å². The topological polar surface area (TPSA) is 82.7 Å². The standard InChI is InChI=1S/C24H32N4O3/c1-17(2)26-24(30)27-21-9-5-4-8-20(21)23(29)25-16-22(28-14-6-7-15-28)18-10-12-19(31-3)13-11-18/h4-5,8-13,17,22H,6-7,14-16H2,1-3H3,(H,25,29)(H2,26,27,30). The fourth-order valence-corrected chi connectivity index (χ4v) is 3.83. The first-order chi connectivity index (χ1) is 15.0. The largest absolute Gasteiger partial charge is 0.497 e. The molecule has 7 heteroatoms. The summed E-state index contributed by atoms with van der Waals surface area (Å²) >= 11 is 0. The number of ether oxygens (including phenoxy) is 1. The molecular weight excluding hydrogens is 392 g/mol. The molecule has 2 aromatic carbocycles. The normalized spacial score (nSPS) is 14.8. The number of para-hydroxylation sites is 1. The lowest BCUT2D eigenvalue weighted by Crippen LogP contribution is -2.37. The summed E-state index contributed by atoms with van der Waals surface area (Å²) < 4.78 is 5.28. The third-order valence-electron chi connectivity index (χ3n) is 5.38. The zero-order valence-corrected chi connectivity index (χ0v) is 18.5. The van der Waals surface area contributed by atoms with Crippen molar-refractivity contribution in [2.24, 2.45) is 0 Å². The number of methoxy groups -OCH3 is 1. The molecule has 0 bridgehead atoms. The predicted molar refractivity (Wildman–Crippen MR) is 123 cm³/mol. The summed E-state index contributed by atoms with van der Waals surface area (Å²) in [5.74, 6) is 0.603. The van der Waals surface area contributed by atoms with Gasteiger partial charge in [-0.3, -0.25) is 9.69 Å². The van der Waals surface area contributed by atoms with E-state index in [2.05, 4.69) is 33.0 Å². The number of hydrogen-bond donors (Lipinski definition) is 3. The number of urea groups is 1. The Bertz CT molecular complexity index is 877. The van der Waals surface area contributed by atoms with E-state index in [4.69, 9.17) is 4.74 Å². The maximum Gasteiger partial charge on any atom is 0.319 e. The molecule has 0 spiro atoms. The van der Waals surface area contributed by atoms with Crippen LogP contribution >= 0.6 is 0 Å². The number of rotatable bonds is 8. The first kappa shape index (κ1) is 22.6. The van der Waals surface area contributed by atoms with Crippen molar-refractivity contribution in [3.05, 3.63) is 59.7 Å². The molecule has 1 fully saturated rings. The Kier molecular flexibility index (Phi) is 7.89. The molecule has 1 atom stereocenters. The average Bonchev–Trinajstić information content (AvgIpc) is 3.28. The minimum absolute atomic E-state index is 0.00621. The summed E-state index contributed by atoms with van der Waals surface area (Å²) in [5, 5.41) is 8.63. The molecule has 7 nitrogen and oxygen atoms in total. The van der Waals surface area contributed by atoms with Crippen LogP contribution in [-0.4, -0.2) is 49.6 Å². The van der Waals surface area contributed by atoms with Gasteiger partial charge in [0.1, 0.15) is 5.75 Å². The number of likely N-dealkylation sites (tertiary alicyclic amines) is 1. The highest BCUT2D eigenvalue weighted by molar-refractivity contribution is 6.03. The van der Waals surface area contributed by atoms with Gasteiger partial charge in [-0.25, -0.2) is 4.79 Å². The number of nitrogens with zero attached hydrogens (tertiary/aromatic N) is 1. The maximum absolute atomic E-state index is 13.0. The summed E-state index contributed by atoms with van der Waals surface area (Å²) in [6, 6.07) is 14.8. The number of anilines is 1. The molecule has 2 aromatic rings. The lowest BCUT2D eigenvalue weighted by atomic mass is 10.0. The number of carbonyl (C=O) groups excluding carboxylic acids is 2. The molecule has 3 rings (SSSR count). The van der Waals surface area contributed by atoms with Crippen LogP contribution in [0.2, 0.25) is 0 Å². The van der Waals surface area contributed by atoms with Gasteiger partial charge in [-0.1, -0.05) is 24.3 Å². The second-order valence-electron chi connectivity index (χ2n) is 8.04. The first-order valence-electron chi connectivity index (χ1n) is 10.8. The molecule has 1 heterocycles. The van der Waals surface area contributed by atoms with Gasteiger partial charge in [-0.05, 0) is 69.6 Å². The molecule has 0 aromatic heterocycles. The summed E-state index contributed by atoms with van der Waals surface area (Å²) in [6.45, 7) is 6.28. The monoisotopic (exact) mass is 424 g/mol. The van der Waals surface area contributed by atoms with Gasteiger partial charge in [0.25, 0.3) is 5.91 Å². The van der Waals surface area contributed by atoms with Crippen LogP contribution in [0.25, 0.3) is 0 Å². The summed E-state index contributed by atoms with van der Waals surface area (Å²) in [5.41, 5.74) is 2.07. The fraction of sp³-hybridized carbons (Fsp3) is 0.417. The Labute approximate surface area is 184 Å². The van der Waals surface area contributed by atoms with Gasteiger partial charge in [0.2, 0.25) is 0 Å². The van der Waals surface area contributed by atoms with Crippen molar-refractivity contribution < 1.29 is 14.3 Å². The molecule has 31 heavy (non-hydrogen) atoms. The van der Waals surface area contributed by atoms with E-state index in [0.717, 1.165) is 37.2 Å². The molecule has 3 amide bonds. The zero-order chi connectivity index (χ0) is 22.2. The first-order valence-corrected chi connectivity index (χ1v) is 10.8. The van der Waals surface area contributed by atoms with E-state index in [1.165, 1.54) is 0 Å². The highest BCUT2D eigenvalue weighted by atomic mass is 16.5. The number of hydrogen-bond acceptors (Lipinski definition) is 4. The quantitative estimate of drug-likeness (QED) is 0.602. The lowest BCUT2D eigenvalue weighted by molar-refractivity contribution is 0.0938. The van der Waals surface area contributed by atoms with Gasteiger partial charge in [0, 0.05) is 12.6 Å². The maximum atomic E-state index is 13.0.